The van der Waals surface area contributed by atoms with Crippen LogP contribution >= 0.6 is 0 Å². The molecule has 1 amide bonds. The number of carbonyl (C=O) groups excluding carboxylic acids is 1. The van der Waals surface area contributed by atoms with E-state index in [0.29, 0.717) is 13.1 Å². The lowest BCUT2D eigenvalue weighted by Crippen LogP contribution is -2.61. The summed E-state index contributed by atoms with van der Waals surface area (Å²) in [5.74, 6) is -0.106. The van der Waals surface area contributed by atoms with E-state index in [2.05, 4.69) is 10.6 Å². The van der Waals surface area contributed by atoms with E-state index in [1.807, 2.05) is 0 Å². The van der Waals surface area contributed by atoms with E-state index in [1.165, 1.54) is 10.6 Å². The van der Waals surface area contributed by atoms with E-state index in [-0.39, 0.29) is 18.5 Å². The Balaban J connectivity index is 2.26. The molecule has 14 heavy (non-hydrogen) atoms. The molecule has 1 heterocycles. The number of nitrogens with zero attached hydrogens (tertiary/aromatic N) is 1. The molecule has 0 spiro atoms. The zero-order valence-electron chi connectivity index (χ0n) is 8.28. The van der Waals surface area contributed by atoms with Gasteiger partial charge in [-0.2, -0.15) is 4.31 Å². The fourth-order valence-electron chi connectivity index (χ4n) is 1.24. The third-order valence-electron chi connectivity index (χ3n) is 2.02. The van der Waals surface area contributed by atoms with Crippen molar-refractivity contribution in [2.45, 2.75) is 6.04 Å². The quantitative estimate of drug-likeness (QED) is 0.573. The highest BCUT2D eigenvalue weighted by Gasteiger charge is 2.33. The number of hydrogen-bond donors (Lipinski definition) is 2. The smallest absolute Gasteiger partial charge is 0.234 e. The van der Waals surface area contributed by atoms with Crippen LogP contribution in [0.15, 0.2) is 0 Å². The molecular formula is C7H15N3O3S. The first-order valence-corrected chi connectivity index (χ1v) is 6.17. The molecule has 0 radical (unpaired) electrons. The van der Waals surface area contributed by atoms with Crippen LogP contribution in [0.1, 0.15) is 0 Å². The summed E-state index contributed by atoms with van der Waals surface area (Å²) >= 11 is 0. The molecule has 1 aliphatic heterocycles. The number of hydrogen-bond acceptors (Lipinski definition) is 4. The molecule has 1 aliphatic rings. The maximum Gasteiger partial charge on any atom is 0.234 e. The molecule has 1 saturated heterocycles. The first-order valence-electron chi connectivity index (χ1n) is 4.32. The monoisotopic (exact) mass is 221 g/mol. The Hall–Kier alpha value is -0.660. The summed E-state index contributed by atoms with van der Waals surface area (Å²) < 4.78 is 23.3. The lowest BCUT2D eigenvalue weighted by atomic mass is 10.2. The van der Waals surface area contributed by atoms with Crippen LogP contribution in [-0.4, -0.2) is 57.6 Å². The number of amides is 1. The predicted molar refractivity (Wildman–Crippen MR) is 52.3 cm³/mol. The van der Waals surface area contributed by atoms with Crippen LogP contribution in [0, 0.1) is 0 Å². The SMILES string of the molecule is CNCC(=O)NC1CN(S(C)(=O)=O)C1. The molecule has 1 fully saturated rings. The third-order valence-corrected chi connectivity index (χ3v) is 3.26. The molecular weight excluding hydrogens is 206 g/mol. The van der Waals surface area contributed by atoms with Gasteiger partial charge in [0.25, 0.3) is 0 Å². The van der Waals surface area contributed by atoms with Crippen molar-refractivity contribution in [3.8, 4) is 0 Å². The molecule has 82 valence electrons. The Labute approximate surface area is 83.7 Å². The Bertz CT molecular complexity index is 308. The highest BCUT2D eigenvalue weighted by Crippen LogP contribution is 2.11. The van der Waals surface area contributed by atoms with Gasteiger partial charge in [0, 0.05) is 13.1 Å². The number of sulfonamides is 1. The molecule has 0 aromatic heterocycles. The second-order valence-corrected chi connectivity index (χ2v) is 5.36. The molecule has 1 rings (SSSR count). The van der Waals surface area contributed by atoms with Gasteiger partial charge >= 0.3 is 0 Å². The van der Waals surface area contributed by atoms with E-state index in [0.717, 1.165) is 0 Å². The summed E-state index contributed by atoms with van der Waals surface area (Å²) in [5, 5.41) is 5.43. The van der Waals surface area contributed by atoms with Gasteiger partial charge in [-0.3, -0.25) is 4.79 Å². The molecule has 0 unspecified atom stereocenters. The minimum Gasteiger partial charge on any atom is -0.350 e. The van der Waals surface area contributed by atoms with Crippen molar-refractivity contribution >= 4 is 15.9 Å². The summed E-state index contributed by atoms with van der Waals surface area (Å²) in [7, 11) is -1.40. The van der Waals surface area contributed by atoms with Gasteiger partial charge in [-0.25, -0.2) is 8.42 Å². The van der Waals surface area contributed by atoms with E-state index in [1.54, 1.807) is 7.05 Å². The molecule has 0 saturated carbocycles. The fraction of sp³-hybridized carbons (Fsp3) is 0.857. The fourth-order valence-corrected chi connectivity index (χ4v) is 2.14. The van der Waals surface area contributed by atoms with E-state index < -0.39 is 10.0 Å². The maximum atomic E-state index is 11.1. The van der Waals surface area contributed by atoms with Gasteiger partial charge in [0.2, 0.25) is 15.9 Å². The zero-order chi connectivity index (χ0) is 10.8. The van der Waals surface area contributed by atoms with Crippen LogP contribution in [-0.2, 0) is 14.8 Å². The summed E-state index contributed by atoms with van der Waals surface area (Å²) in [6.07, 6.45) is 1.17. The summed E-state index contributed by atoms with van der Waals surface area (Å²) in [6.45, 7) is 1.03. The van der Waals surface area contributed by atoms with E-state index >= 15 is 0 Å². The van der Waals surface area contributed by atoms with Gasteiger partial charge in [0.05, 0.1) is 18.8 Å². The number of carbonyl (C=O) groups is 1. The average Bonchev–Trinajstić information content (AvgIpc) is 1.94. The van der Waals surface area contributed by atoms with E-state index in [9.17, 15) is 13.2 Å². The molecule has 0 atom stereocenters. The zero-order valence-corrected chi connectivity index (χ0v) is 9.10. The third kappa shape index (κ3) is 2.93. The minimum absolute atomic E-state index is 0.0365. The van der Waals surface area contributed by atoms with Crippen molar-refractivity contribution in [3.05, 3.63) is 0 Å². The van der Waals surface area contributed by atoms with Gasteiger partial charge in [0.15, 0.2) is 0 Å². The van der Waals surface area contributed by atoms with Crippen LogP contribution in [0.3, 0.4) is 0 Å². The molecule has 2 N–H and O–H groups in total. The number of nitrogens with one attached hydrogen (secondary N) is 2. The Morgan fingerprint density at radius 2 is 2.07 bits per heavy atom. The van der Waals surface area contributed by atoms with Gasteiger partial charge in [0.1, 0.15) is 0 Å². The first-order chi connectivity index (χ1) is 6.43. The first kappa shape index (κ1) is 11.4. The van der Waals surface area contributed by atoms with Crippen molar-refractivity contribution in [2.24, 2.45) is 0 Å². The lowest BCUT2D eigenvalue weighted by molar-refractivity contribution is -0.121. The van der Waals surface area contributed by atoms with Crippen LogP contribution in [0.2, 0.25) is 0 Å². The van der Waals surface area contributed by atoms with Crippen molar-refractivity contribution in [1.82, 2.24) is 14.9 Å². The van der Waals surface area contributed by atoms with E-state index in [4.69, 9.17) is 0 Å². The standard InChI is InChI=1S/C7H15N3O3S/c1-8-3-7(11)9-6-4-10(5-6)14(2,12)13/h6,8H,3-5H2,1-2H3,(H,9,11). The normalized spacial score (nSPS) is 19.0. The van der Waals surface area contributed by atoms with Gasteiger partial charge in [-0.1, -0.05) is 0 Å². The molecule has 7 heteroatoms. The molecule has 0 bridgehead atoms. The maximum absolute atomic E-state index is 11.1. The van der Waals surface area contributed by atoms with Gasteiger partial charge < -0.3 is 10.6 Å². The number of rotatable bonds is 4. The Kier molecular flexibility index (Phi) is 3.46. The minimum atomic E-state index is -3.08. The van der Waals surface area contributed by atoms with Crippen molar-refractivity contribution in [2.75, 3.05) is 32.9 Å². The predicted octanol–water partition coefficient (Wildman–Crippen LogP) is -2.03. The van der Waals surface area contributed by atoms with Crippen LogP contribution in [0.25, 0.3) is 0 Å². The van der Waals surface area contributed by atoms with Crippen molar-refractivity contribution < 1.29 is 13.2 Å². The molecule has 0 aliphatic carbocycles. The molecule has 6 nitrogen and oxygen atoms in total. The number of likely N-dealkylation sites (N-methyl/N-ethyl adjacent to an activating group) is 1. The summed E-state index contributed by atoms with van der Waals surface area (Å²) in [5.41, 5.74) is 0. The highest BCUT2D eigenvalue weighted by atomic mass is 32.2. The van der Waals surface area contributed by atoms with Crippen LogP contribution in [0.4, 0.5) is 0 Å². The second kappa shape index (κ2) is 4.24. The Morgan fingerprint density at radius 3 is 2.50 bits per heavy atom. The average molecular weight is 221 g/mol. The van der Waals surface area contributed by atoms with Crippen molar-refractivity contribution in [1.29, 1.82) is 0 Å². The lowest BCUT2D eigenvalue weighted by Gasteiger charge is -2.37. The summed E-state index contributed by atoms with van der Waals surface area (Å²) in [6, 6.07) is -0.0365. The summed E-state index contributed by atoms with van der Waals surface area (Å²) in [4.78, 5) is 11.1. The second-order valence-electron chi connectivity index (χ2n) is 3.37. The topological polar surface area (TPSA) is 78.5 Å². The van der Waals surface area contributed by atoms with Crippen LogP contribution < -0.4 is 10.6 Å². The van der Waals surface area contributed by atoms with Gasteiger partial charge in [-0.05, 0) is 7.05 Å². The molecule has 0 aromatic carbocycles. The Morgan fingerprint density at radius 1 is 1.50 bits per heavy atom. The largest absolute Gasteiger partial charge is 0.350 e. The van der Waals surface area contributed by atoms with Crippen molar-refractivity contribution in [3.63, 3.8) is 0 Å². The molecule has 0 aromatic rings. The van der Waals surface area contributed by atoms with Gasteiger partial charge in [-0.15, -0.1) is 0 Å². The van der Waals surface area contributed by atoms with Crippen LogP contribution in [0.5, 0.6) is 0 Å². The highest BCUT2D eigenvalue weighted by molar-refractivity contribution is 7.88.